The first-order valence-electron chi connectivity index (χ1n) is 10.8. The number of nitrogens with one attached hydrogen (secondary N) is 1. The molecule has 0 saturated carbocycles. The average Bonchev–Trinajstić information content (AvgIpc) is 3.35. The van der Waals surface area contributed by atoms with Crippen LogP contribution in [-0.2, 0) is 14.3 Å². The Morgan fingerprint density at radius 2 is 2.03 bits per heavy atom. The number of amides is 2. The van der Waals surface area contributed by atoms with E-state index in [9.17, 15) is 18.8 Å². The molecule has 0 aromatic heterocycles. The highest BCUT2D eigenvalue weighted by Gasteiger charge is 2.34. The van der Waals surface area contributed by atoms with Gasteiger partial charge in [0.1, 0.15) is 23.4 Å². The maximum Gasteiger partial charge on any atom is 0.265 e. The molecule has 0 spiro atoms. The lowest BCUT2D eigenvalue weighted by Gasteiger charge is -2.33. The molecule has 1 saturated heterocycles. The summed E-state index contributed by atoms with van der Waals surface area (Å²) in [6.07, 6.45) is 1.84. The van der Waals surface area contributed by atoms with Gasteiger partial charge in [0.05, 0.1) is 11.8 Å². The largest absolute Gasteiger partial charge is 0.485 e. The molecule has 0 unspecified atom stereocenters. The molecule has 2 aromatic carbocycles. The second-order valence-electron chi connectivity index (χ2n) is 7.96. The van der Waals surface area contributed by atoms with Gasteiger partial charge in [-0.1, -0.05) is 0 Å². The third-order valence-corrected chi connectivity index (χ3v) is 5.64. The molecule has 1 fully saturated rings. The smallest absolute Gasteiger partial charge is 0.265 e. The fourth-order valence-corrected chi connectivity index (χ4v) is 3.82. The molecular weight excluding hydrogens is 431 g/mol. The molecule has 2 heterocycles. The van der Waals surface area contributed by atoms with Crippen LogP contribution in [0.15, 0.2) is 42.5 Å². The second-order valence-corrected chi connectivity index (χ2v) is 7.96. The molecule has 9 heteroatoms. The first-order valence-corrected chi connectivity index (χ1v) is 10.8. The lowest BCUT2D eigenvalue weighted by molar-refractivity contribution is -0.127. The van der Waals surface area contributed by atoms with Gasteiger partial charge in [-0.2, -0.15) is 0 Å². The highest BCUT2D eigenvalue weighted by Crippen LogP contribution is 2.34. The van der Waals surface area contributed by atoms with E-state index < -0.39 is 11.9 Å². The fourth-order valence-electron chi connectivity index (χ4n) is 3.82. The van der Waals surface area contributed by atoms with Gasteiger partial charge in [-0.05, 0) is 62.2 Å². The van der Waals surface area contributed by atoms with Gasteiger partial charge in [-0.3, -0.25) is 19.3 Å². The summed E-state index contributed by atoms with van der Waals surface area (Å²) in [4.78, 5) is 39.4. The molecule has 2 aliphatic heterocycles. The predicted octanol–water partition coefficient (Wildman–Crippen LogP) is 2.50. The van der Waals surface area contributed by atoms with Crippen LogP contribution in [0.25, 0.3) is 0 Å². The van der Waals surface area contributed by atoms with Crippen molar-refractivity contribution in [3.8, 4) is 11.5 Å². The summed E-state index contributed by atoms with van der Waals surface area (Å²) < 4.78 is 29.5. The van der Waals surface area contributed by atoms with E-state index in [1.807, 2.05) is 0 Å². The van der Waals surface area contributed by atoms with Crippen LogP contribution in [0.4, 0.5) is 10.1 Å². The lowest BCUT2D eigenvalue weighted by Crippen LogP contribution is -2.52. The number of rotatable bonds is 8. The number of benzene rings is 2. The van der Waals surface area contributed by atoms with E-state index in [1.54, 1.807) is 19.1 Å². The number of Topliss-reactive ketones (excluding diaryl/α,β-unsaturated/α-hetero) is 1. The number of ether oxygens (including phenoxy) is 3. The summed E-state index contributed by atoms with van der Waals surface area (Å²) in [6, 6.07) is 9.23. The molecule has 33 heavy (non-hydrogen) atoms. The quantitative estimate of drug-likeness (QED) is 0.614. The Morgan fingerprint density at radius 1 is 1.24 bits per heavy atom. The molecule has 0 aliphatic carbocycles. The van der Waals surface area contributed by atoms with Gasteiger partial charge in [0.2, 0.25) is 5.91 Å². The number of carbonyl (C=O) groups is 3. The molecule has 2 aromatic rings. The Hall–Kier alpha value is -3.46. The number of hydrogen-bond acceptors (Lipinski definition) is 6. The van der Waals surface area contributed by atoms with Crippen LogP contribution in [0.3, 0.4) is 0 Å². The molecular formula is C24H25FN2O6. The van der Waals surface area contributed by atoms with Crippen LogP contribution in [0.2, 0.25) is 0 Å². The summed E-state index contributed by atoms with van der Waals surface area (Å²) in [7, 11) is 0. The number of hydrogen-bond donors (Lipinski definition) is 1. The summed E-state index contributed by atoms with van der Waals surface area (Å²) in [5.74, 6) is -0.668. The third kappa shape index (κ3) is 5.31. The zero-order chi connectivity index (χ0) is 23.4. The minimum absolute atomic E-state index is 0.0147. The monoisotopic (exact) mass is 456 g/mol. The van der Waals surface area contributed by atoms with E-state index in [0.29, 0.717) is 35.9 Å². The van der Waals surface area contributed by atoms with E-state index in [1.165, 1.54) is 35.2 Å². The lowest BCUT2D eigenvalue weighted by atomic mass is 10.1. The average molecular weight is 456 g/mol. The van der Waals surface area contributed by atoms with Crippen LogP contribution < -0.4 is 19.7 Å². The van der Waals surface area contributed by atoms with Crippen molar-refractivity contribution in [3.05, 3.63) is 53.8 Å². The summed E-state index contributed by atoms with van der Waals surface area (Å²) >= 11 is 0. The Kier molecular flexibility index (Phi) is 6.88. The third-order valence-electron chi connectivity index (χ3n) is 5.64. The first-order chi connectivity index (χ1) is 15.9. The van der Waals surface area contributed by atoms with Crippen molar-refractivity contribution in [1.82, 2.24) is 5.32 Å². The molecule has 2 atom stereocenters. The first kappa shape index (κ1) is 22.7. The van der Waals surface area contributed by atoms with Gasteiger partial charge in [-0.25, -0.2) is 4.39 Å². The van der Waals surface area contributed by atoms with Crippen molar-refractivity contribution in [2.45, 2.75) is 31.9 Å². The number of halogens is 1. The number of anilines is 1. The topological polar surface area (TPSA) is 94.2 Å². The van der Waals surface area contributed by atoms with Crippen molar-refractivity contribution >= 4 is 23.3 Å². The Morgan fingerprint density at radius 3 is 2.76 bits per heavy atom. The molecule has 1 N–H and O–H groups in total. The van der Waals surface area contributed by atoms with Crippen LogP contribution >= 0.6 is 0 Å². The molecule has 8 nitrogen and oxygen atoms in total. The summed E-state index contributed by atoms with van der Waals surface area (Å²) in [5.41, 5.74) is 0.643. The van der Waals surface area contributed by atoms with Crippen molar-refractivity contribution in [3.63, 3.8) is 0 Å². The fraction of sp³-hybridized carbons (Fsp3) is 0.375. The van der Waals surface area contributed by atoms with Gasteiger partial charge in [0.25, 0.3) is 5.91 Å². The van der Waals surface area contributed by atoms with Gasteiger partial charge in [0.15, 0.2) is 19.0 Å². The maximum atomic E-state index is 13.0. The molecule has 2 aliphatic rings. The van der Waals surface area contributed by atoms with E-state index in [4.69, 9.17) is 14.2 Å². The molecule has 174 valence electrons. The molecule has 2 amide bonds. The highest BCUT2D eigenvalue weighted by atomic mass is 19.1. The number of fused-ring (bicyclic) bond motifs is 1. The Balaban J connectivity index is 1.46. The normalized spacial score (nSPS) is 18.3. The van der Waals surface area contributed by atoms with Gasteiger partial charge in [-0.15, -0.1) is 0 Å². The zero-order valence-corrected chi connectivity index (χ0v) is 18.2. The molecule has 4 rings (SSSR count). The van der Waals surface area contributed by atoms with Gasteiger partial charge in [0, 0.05) is 18.7 Å². The summed E-state index contributed by atoms with van der Waals surface area (Å²) in [6.45, 7) is 2.23. The Bertz CT molecular complexity index is 1040. The summed E-state index contributed by atoms with van der Waals surface area (Å²) in [5, 5.41) is 2.84. The SMILES string of the molecule is C[C@H](C(=O)NC[C@H]1CCCO1)N1C(=O)COc2ccc(C(=O)COc3ccc(F)cc3)cc21. The van der Waals surface area contributed by atoms with Crippen molar-refractivity contribution in [2.24, 2.45) is 0 Å². The predicted molar refractivity (Wildman–Crippen MR) is 117 cm³/mol. The molecule has 0 radical (unpaired) electrons. The van der Waals surface area contributed by atoms with E-state index in [2.05, 4.69) is 5.32 Å². The van der Waals surface area contributed by atoms with Crippen LogP contribution in [0, 0.1) is 5.82 Å². The minimum atomic E-state index is -0.803. The van der Waals surface area contributed by atoms with Crippen LogP contribution in [0.1, 0.15) is 30.1 Å². The van der Waals surface area contributed by atoms with Crippen molar-refractivity contribution in [2.75, 3.05) is 31.3 Å². The standard InChI is InChI=1S/C24H25FN2O6/c1-15(24(30)26-12-19-3-2-10-31-19)27-20-11-16(4-9-22(20)33-14-23(27)29)21(28)13-32-18-7-5-17(25)6-8-18/h4-9,11,15,19H,2-3,10,12-14H2,1H3,(H,26,30)/t15-,19-/m1/s1. The van der Waals surface area contributed by atoms with Gasteiger partial charge < -0.3 is 19.5 Å². The highest BCUT2D eigenvalue weighted by molar-refractivity contribution is 6.05. The Labute approximate surface area is 190 Å². The van der Waals surface area contributed by atoms with Crippen LogP contribution in [0.5, 0.6) is 11.5 Å². The van der Waals surface area contributed by atoms with Crippen molar-refractivity contribution < 1.29 is 33.0 Å². The number of nitrogens with zero attached hydrogens (tertiary/aromatic N) is 1. The van der Waals surface area contributed by atoms with E-state index in [0.717, 1.165) is 12.8 Å². The van der Waals surface area contributed by atoms with Crippen LogP contribution in [-0.4, -0.2) is 56.1 Å². The number of carbonyl (C=O) groups excluding carboxylic acids is 3. The van der Waals surface area contributed by atoms with E-state index in [-0.39, 0.29) is 36.9 Å². The second kappa shape index (κ2) is 9.99. The van der Waals surface area contributed by atoms with E-state index >= 15 is 0 Å². The van der Waals surface area contributed by atoms with Crippen molar-refractivity contribution in [1.29, 1.82) is 0 Å². The number of ketones is 1. The molecule has 0 bridgehead atoms. The van der Waals surface area contributed by atoms with Gasteiger partial charge >= 0.3 is 0 Å². The maximum absolute atomic E-state index is 13.0. The minimum Gasteiger partial charge on any atom is -0.485 e. The zero-order valence-electron chi connectivity index (χ0n) is 18.2.